The van der Waals surface area contributed by atoms with E-state index in [0.717, 1.165) is 22.5 Å². The molecule has 0 atom stereocenters. The predicted octanol–water partition coefficient (Wildman–Crippen LogP) is 5.31. The molecule has 3 aromatic heterocycles. The maximum Gasteiger partial charge on any atom is 0.281 e. The molecule has 0 aliphatic carbocycles. The minimum absolute atomic E-state index is 0.0899. The number of aromatic hydroxyl groups is 1. The lowest BCUT2D eigenvalue weighted by Gasteiger charge is -2.03. The Bertz CT molecular complexity index is 1350. The maximum atomic E-state index is 12.5. The molecule has 0 saturated carbocycles. The minimum Gasteiger partial charge on any atom is -0.506 e. The number of nitrogens with zero attached hydrogens (tertiary/aromatic N) is 2. The number of halogens is 1. The fourth-order valence-electron chi connectivity index (χ4n) is 3.02. The van der Waals surface area contributed by atoms with Crippen LogP contribution in [-0.2, 0) is 6.54 Å². The highest BCUT2D eigenvalue weighted by Crippen LogP contribution is 2.39. The maximum absolute atomic E-state index is 12.5. The van der Waals surface area contributed by atoms with Gasteiger partial charge in [-0.2, -0.15) is 5.10 Å². The molecule has 0 saturated heterocycles. The number of nitrogens with one attached hydrogen (secondary N) is 2. The first-order valence-corrected chi connectivity index (χ1v) is 12.2. The van der Waals surface area contributed by atoms with E-state index in [4.69, 9.17) is 11.6 Å². The Morgan fingerprint density at radius 1 is 1.03 bits per heavy atom. The van der Waals surface area contributed by atoms with Crippen molar-refractivity contribution in [2.45, 2.75) is 13.5 Å². The van der Waals surface area contributed by atoms with Gasteiger partial charge in [0, 0.05) is 29.3 Å². The molecule has 0 spiro atoms. The van der Waals surface area contributed by atoms with Gasteiger partial charge in [-0.1, -0.05) is 23.7 Å². The number of carbonyl (C=O) groups excluding carboxylic acids is 2. The molecule has 4 aromatic rings. The fraction of sp³-hybridized carbons (Fsp3) is 0.0833. The molecule has 3 N–H and O–H groups in total. The van der Waals surface area contributed by atoms with Gasteiger partial charge in [0.05, 0.1) is 25.9 Å². The Kier molecular flexibility index (Phi) is 7.36. The molecule has 0 bridgehead atoms. The SMILES string of the molecule is C/C(=N/NC(=O)c1ccc(C(=O)NCc2ccncc2)s1)c1csc(-c2ccc(Cl)cc2)c1O. The number of hydrogen-bond donors (Lipinski definition) is 3. The van der Waals surface area contributed by atoms with Crippen molar-refractivity contribution in [3.05, 3.63) is 92.2 Å². The smallest absolute Gasteiger partial charge is 0.281 e. The summed E-state index contributed by atoms with van der Waals surface area (Å²) in [6.45, 7) is 2.06. The lowest BCUT2D eigenvalue weighted by molar-refractivity contribution is 0.0950. The highest BCUT2D eigenvalue weighted by molar-refractivity contribution is 7.16. The first-order valence-electron chi connectivity index (χ1n) is 10.1. The van der Waals surface area contributed by atoms with Gasteiger partial charge in [-0.15, -0.1) is 22.7 Å². The Balaban J connectivity index is 1.39. The molecule has 0 aliphatic heterocycles. The number of amides is 2. The number of thiophene rings is 2. The van der Waals surface area contributed by atoms with Crippen molar-refractivity contribution in [3.8, 4) is 16.2 Å². The Morgan fingerprint density at radius 2 is 1.71 bits per heavy atom. The van der Waals surface area contributed by atoms with Gasteiger partial charge in [-0.05, 0) is 54.4 Å². The van der Waals surface area contributed by atoms with Crippen LogP contribution in [0.3, 0.4) is 0 Å². The zero-order valence-corrected chi connectivity index (χ0v) is 20.3. The van der Waals surface area contributed by atoms with Gasteiger partial charge in [-0.25, -0.2) is 5.43 Å². The zero-order chi connectivity index (χ0) is 24.1. The summed E-state index contributed by atoms with van der Waals surface area (Å²) in [4.78, 5) is 30.3. The van der Waals surface area contributed by atoms with E-state index in [1.807, 2.05) is 24.3 Å². The van der Waals surface area contributed by atoms with Crippen LogP contribution < -0.4 is 10.7 Å². The number of hydrogen-bond acceptors (Lipinski definition) is 7. The molecule has 172 valence electrons. The molecule has 2 amide bonds. The molecule has 0 unspecified atom stereocenters. The average molecular weight is 511 g/mol. The molecule has 10 heteroatoms. The summed E-state index contributed by atoms with van der Waals surface area (Å²) in [5.74, 6) is -0.615. The van der Waals surface area contributed by atoms with Crippen LogP contribution in [0.1, 0.15) is 37.4 Å². The molecule has 0 radical (unpaired) electrons. The first-order chi connectivity index (χ1) is 16.4. The summed E-state index contributed by atoms with van der Waals surface area (Å²) in [5, 5.41) is 20.0. The summed E-state index contributed by atoms with van der Waals surface area (Å²) in [7, 11) is 0. The molecular weight excluding hydrogens is 492 g/mol. The number of rotatable bonds is 7. The molecule has 3 heterocycles. The van der Waals surface area contributed by atoms with Crippen molar-refractivity contribution in [1.29, 1.82) is 0 Å². The second-order valence-corrected chi connectivity index (χ2v) is 9.57. The number of pyridine rings is 1. The van der Waals surface area contributed by atoms with Crippen LogP contribution in [0.2, 0.25) is 5.02 Å². The van der Waals surface area contributed by atoms with Crippen LogP contribution in [0.5, 0.6) is 5.75 Å². The van der Waals surface area contributed by atoms with Crippen LogP contribution >= 0.6 is 34.3 Å². The van der Waals surface area contributed by atoms with Gasteiger partial charge < -0.3 is 10.4 Å². The first kappa shape index (κ1) is 23.6. The third-order valence-corrected chi connectivity index (χ3v) is 7.20. The summed E-state index contributed by atoms with van der Waals surface area (Å²) in [6, 6.07) is 14.0. The molecule has 4 rings (SSSR count). The quantitative estimate of drug-likeness (QED) is 0.231. The van der Waals surface area contributed by atoms with E-state index in [2.05, 4.69) is 20.8 Å². The van der Waals surface area contributed by atoms with Gasteiger partial charge >= 0.3 is 0 Å². The fourth-order valence-corrected chi connectivity index (χ4v) is 4.97. The van der Waals surface area contributed by atoms with E-state index in [-0.39, 0.29) is 11.7 Å². The third-order valence-electron chi connectivity index (χ3n) is 4.84. The summed E-state index contributed by atoms with van der Waals surface area (Å²) in [5.41, 5.74) is 5.23. The van der Waals surface area contributed by atoms with Gasteiger partial charge in [0.2, 0.25) is 0 Å². The second kappa shape index (κ2) is 10.6. The van der Waals surface area contributed by atoms with Crippen LogP contribution in [0, 0.1) is 0 Å². The molecule has 7 nitrogen and oxygen atoms in total. The highest BCUT2D eigenvalue weighted by atomic mass is 35.5. The monoisotopic (exact) mass is 510 g/mol. The van der Waals surface area contributed by atoms with Gasteiger partial charge in [-0.3, -0.25) is 14.6 Å². The summed E-state index contributed by atoms with van der Waals surface area (Å²) >= 11 is 8.38. The minimum atomic E-state index is -0.440. The average Bonchev–Trinajstić information content (AvgIpc) is 3.49. The van der Waals surface area contributed by atoms with Crippen molar-refractivity contribution in [2.75, 3.05) is 0 Å². The van der Waals surface area contributed by atoms with Crippen molar-refractivity contribution in [3.63, 3.8) is 0 Å². The van der Waals surface area contributed by atoms with E-state index < -0.39 is 5.91 Å². The molecule has 0 aliphatic rings. The number of benzene rings is 1. The standard InChI is InChI=1S/C24H19ClN4O3S2/c1-14(18-13-33-22(21(18)30)16-2-4-17(25)5-3-16)28-29-24(32)20-7-6-19(34-20)23(31)27-12-15-8-10-26-11-9-15/h2-11,13,30H,12H2,1H3,(H,27,31)(H,29,32)/b28-14-. The van der Waals surface area contributed by atoms with Crippen molar-refractivity contribution >= 4 is 51.8 Å². The van der Waals surface area contributed by atoms with Gasteiger partial charge in [0.25, 0.3) is 11.8 Å². The topological polar surface area (TPSA) is 104 Å². The number of aromatic nitrogens is 1. The molecule has 0 fully saturated rings. The van der Waals surface area contributed by atoms with Gasteiger partial charge in [0.15, 0.2) is 0 Å². The third kappa shape index (κ3) is 5.51. The Labute approximate surface area is 208 Å². The Hall–Kier alpha value is -3.53. The van der Waals surface area contributed by atoms with Crippen molar-refractivity contribution < 1.29 is 14.7 Å². The van der Waals surface area contributed by atoms with Crippen molar-refractivity contribution in [2.24, 2.45) is 5.10 Å². The molecule has 34 heavy (non-hydrogen) atoms. The van der Waals surface area contributed by atoms with Gasteiger partial charge in [0.1, 0.15) is 5.75 Å². The predicted molar refractivity (Wildman–Crippen MR) is 136 cm³/mol. The van der Waals surface area contributed by atoms with E-state index in [1.54, 1.807) is 49.0 Å². The summed E-state index contributed by atoms with van der Waals surface area (Å²) < 4.78 is 0. The number of hydrazone groups is 1. The lowest BCUT2D eigenvalue weighted by atomic mass is 10.1. The zero-order valence-electron chi connectivity index (χ0n) is 17.9. The van der Waals surface area contributed by atoms with E-state index >= 15 is 0 Å². The van der Waals surface area contributed by atoms with Crippen LogP contribution in [0.25, 0.3) is 10.4 Å². The van der Waals surface area contributed by atoms with Crippen LogP contribution in [0.15, 0.2) is 71.4 Å². The van der Waals surface area contributed by atoms with Crippen LogP contribution in [0.4, 0.5) is 0 Å². The van der Waals surface area contributed by atoms with E-state index in [0.29, 0.717) is 37.5 Å². The normalized spacial score (nSPS) is 11.3. The molecular formula is C24H19ClN4O3S2. The van der Waals surface area contributed by atoms with E-state index in [9.17, 15) is 14.7 Å². The van der Waals surface area contributed by atoms with E-state index in [1.165, 1.54) is 11.3 Å². The Morgan fingerprint density at radius 3 is 2.41 bits per heavy atom. The van der Waals surface area contributed by atoms with Crippen LogP contribution in [-0.4, -0.2) is 27.6 Å². The molecule has 1 aromatic carbocycles. The highest BCUT2D eigenvalue weighted by Gasteiger charge is 2.16. The lowest BCUT2D eigenvalue weighted by Crippen LogP contribution is -2.21. The largest absolute Gasteiger partial charge is 0.506 e. The van der Waals surface area contributed by atoms with Crippen molar-refractivity contribution in [1.82, 2.24) is 15.7 Å². The number of carbonyl (C=O) groups is 2. The second-order valence-electron chi connectivity index (χ2n) is 7.17. The summed E-state index contributed by atoms with van der Waals surface area (Å²) in [6.07, 6.45) is 3.32.